The third-order valence-electron chi connectivity index (χ3n) is 4.57. The highest BCUT2D eigenvalue weighted by Gasteiger charge is 2.32. The molecule has 4 rings (SSSR count). The number of aryl methyl sites for hydroxylation is 1. The summed E-state index contributed by atoms with van der Waals surface area (Å²) >= 11 is 5.88. The van der Waals surface area contributed by atoms with Gasteiger partial charge < -0.3 is 9.73 Å². The van der Waals surface area contributed by atoms with E-state index >= 15 is 0 Å². The Labute approximate surface area is 163 Å². The molecule has 3 amide bonds. The summed E-state index contributed by atoms with van der Waals surface area (Å²) in [7, 11) is 1.41. The number of carbonyl (C=O) groups is 3. The van der Waals surface area contributed by atoms with Gasteiger partial charge in [-0.15, -0.1) is 0 Å². The highest BCUT2D eigenvalue weighted by Crippen LogP contribution is 2.25. The predicted octanol–water partition coefficient (Wildman–Crippen LogP) is 2.50. The van der Waals surface area contributed by atoms with Crippen LogP contribution in [0.2, 0.25) is 5.02 Å². The number of carbonyl (C=O) groups excluding carboxylic acids is 3. The van der Waals surface area contributed by atoms with E-state index in [-0.39, 0.29) is 30.3 Å². The van der Waals surface area contributed by atoms with E-state index in [4.69, 9.17) is 16.0 Å². The molecule has 3 aromatic rings. The molecule has 0 aliphatic carbocycles. The lowest BCUT2D eigenvalue weighted by Crippen LogP contribution is -2.24. The second kappa shape index (κ2) is 6.65. The molecule has 1 aromatic heterocycles. The molecule has 0 radical (unpaired) electrons. The van der Waals surface area contributed by atoms with E-state index in [0.29, 0.717) is 27.4 Å². The second-order valence-corrected chi connectivity index (χ2v) is 6.80. The number of imide groups is 1. The fourth-order valence-electron chi connectivity index (χ4n) is 3.13. The highest BCUT2D eigenvalue weighted by molar-refractivity contribution is 6.31. The van der Waals surface area contributed by atoms with Crippen LogP contribution in [0, 0.1) is 0 Å². The minimum absolute atomic E-state index is 0.0149. The van der Waals surface area contributed by atoms with Gasteiger partial charge in [0.1, 0.15) is 0 Å². The van der Waals surface area contributed by atoms with Crippen LogP contribution in [-0.4, -0.2) is 34.2 Å². The van der Waals surface area contributed by atoms with E-state index in [2.05, 4.69) is 5.32 Å². The van der Waals surface area contributed by atoms with Crippen LogP contribution in [-0.2, 0) is 11.3 Å². The Bertz CT molecular complexity index is 1210. The van der Waals surface area contributed by atoms with Crippen LogP contribution in [0.4, 0.5) is 5.69 Å². The Kier molecular flexibility index (Phi) is 4.27. The molecule has 0 spiro atoms. The molecule has 1 aliphatic rings. The molecule has 0 atom stereocenters. The van der Waals surface area contributed by atoms with Gasteiger partial charge in [0.05, 0.1) is 16.6 Å². The van der Waals surface area contributed by atoms with Crippen LogP contribution in [0.3, 0.4) is 0 Å². The van der Waals surface area contributed by atoms with Crippen LogP contribution in [0.5, 0.6) is 0 Å². The molecule has 142 valence electrons. The molecule has 0 saturated carbocycles. The van der Waals surface area contributed by atoms with Crippen LogP contribution < -0.4 is 11.1 Å². The fourth-order valence-corrected chi connectivity index (χ4v) is 3.29. The van der Waals surface area contributed by atoms with Gasteiger partial charge in [-0.3, -0.25) is 23.9 Å². The Morgan fingerprint density at radius 2 is 1.82 bits per heavy atom. The first-order valence-electron chi connectivity index (χ1n) is 8.40. The zero-order chi connectivity index (χ0) is 20.0. The number of aromatic nitrogens is 1. The summed E-state index contributed by atoms with van der Waals surface area (Å²) in [5.41, 5.74) is 1.85. The van der Waals surface area contributed by atoms with Crippen LogP contribution in [0.15, 0.2) is 45.6 Å². The number of hydrogen-bond acceptors (Lipinski definition) is 5. The van der Waals surface area contributed by atoms with Crippen LogP contribution in [0.1, 0.15) is 27.1 Å². The van der Waals surface area contributed by atoms with Gasteiger partial charge in [-0.1, -0.05) is 11.6 Å². The Balaban J connectivity index is 1.48. The van der Waals surface area contributed by atoms with Crippen molar-refractivity contribution in [2.24, 2.45) is 0 Å². The molecule has 1 aliphatic heterocycles. The Morgan fingerprint density at radius 1 is 1.07 bits per heavy atom. The van der Waals surface area contributed by atoms with Gasteiger partial charge in [-0.05, 0) is 30.3 Å². The summed E-state index contributed by atoms with van der Waals surface area (Å²) in [6, 6.07) is 9.36. The lowest BCUT2D eigenvalue weighted by atomic mass is 10.1. The Hall–Kier alpha value is -3.39. The summed E-state index contributed by atoms with van der Waals surface area (Å²) in [6.45, 7) is 0.115. The molecule has 2 aromatic carbocycles. The second-order valence-electron chi connectivity index (χ2n) is 6.36. The lowest BCUT2D eigenvalue weighted by Gasteiger charge is -2.07. The van der Waals surface area contributed by atoms with E-state index in [1.165, 1.54) is 29.8 Å². The van der Waals surface area contributed by atoms with Gasteiger partial charge in [-0.2, -0.15) is 0 Å². The van der Waals surface area contributed by atoms with Crippen molar-refractivity contribution in [2.45, 2.75) is 13.0 Å². The number of fused-ring (bicyclic) bond motifs is 2. The lowest BCUT2D eigenvalue weighted by molar-refractivity contribution is -0.116. The quantitative estimate of drug-likeness (QED) is 0.679. The molecule has 0 fully saturated rings. The number of oxazole rings is 1. The standard InChI is InChI=1S/C19H14ClN3O5/c1-22-17(25)12-4-3-11(9-13(12)18(22)26)21-16(24)6-7-23-14-5-2-10(20)8-15(14)28-19(23)27/h2-5,8-9H,6-7H2,1H3,(H,21,24). The van der Waals surface area contributed by atoms with Gasteiger partial charge in [0.25, 0.3) is 11.8 Å². The van der Waals surface area contributed by atoms with Crippen LogP contribution >= 0.6 is 11.6 Å². The number of nitrogens with zero attached hydrogens (tertiary/aromatic N) is 2. The number of hydrogen-bond donors (Lipinski definition) is 1. The normalized spacial score (nSPS) is 13.3. The predicted molar refractivity (Wildman–Crippen MR) is 102 cm³/mol. The summed E-state index contributed by atoms with van der Waals surface area (Å²) in [4.78, 5) is 49.2. The van der Waals surface area contributed by atoms with Crippen LogP contribution in [0.25, 0.3) is 11.1 Å². The van der Waals surface area contributed by atoms with Gasteiger partial charge in [0, 0.05) is 36.8 Å². The van der Waals surface area contributed by atoms with Gasteiger partial charge >= 0.3 is 5.76 Å². The number of halogens is 1. The topological polar surface area (TPSA) is 102 Å². The average Bonchev–Trinajstić information content (AvgIpc) is 3.08. The van der Waals surface area contributed by atoms with E-state index in [0.717, 1.165) is 4.90 Å². The summed E-state index contributed by atoms with van der Waals surface area (Å²) in [5, 5.41) is 3.12. The molecule has 9 heteroatoms. The third kappa shape index (κ3) is 2.97. The summed E-state index contributed by atoms with van der Waals surface area (Å²) < 4.78 is 6.48. The molecular weight excluding hydrogens is 386 g/mol. The van der Waals surface area contributed by atoms with Crippen molar-refractivity contribution in [3.63, 3.8) is 0 Å². The molecule has 1 N–H and O–H groups in total. The van der Waals surface area contributed by atoms with E-state index in [1.54, 1.807) is 18.2 Å². The monoisotopic (exact) mass is 399 g/mol. The van der Waals surface area contributed by atoms with E-state index < -0.39 is 11.7 Å². The molecule has 2 heterocycles. The minimum atomic E-state index is -0.574. The third-order valence-corrected chi connectivity index (χ3v) is 4.80. The SMILES string of the molecule is CN1C(=O)c2ccc(NC(=O)CCn3c(=O)oc4cc(Cl)ccc43)cc2C1=O. The molecule has 28 heavy (non-hydrogen) atoms. The van der Waals surface area contributed by atoms with Gasteiger partial charge in [-0.25, -0.2) is 4.79 Å². The fraction of sp³-hybridized carbons (Fsp3) is 0.158. The highest BCUT2D eigenvalue weighted by atomic mass is 35.5. The first kappa shape index (κ1) is 18.0. The van der Waals surface area contributed by atoms with Crippen molar-refractivity contribution in [1.82, 2.24) is 9.47 Å². The number of nitrogens with one attached hydrogen (secondary N) is 1. The average molecular weight is 400 g/mol. The van der Waals surface area contributed by atoms with Crippen molar-refractivity contribution in [3.8, 4) is 0 Å². The number of anilines is 1. The van der Waals surface area contributed by atoms with Crippen molar-refractivity contribution in [1.29, 1.82) is 0 Å². The van der Waals surface area contributed by atoms with Crippen molar-refractivity contribution in [3.05, 3.63) is 63.1 Å². The smallest absolute Gasteiger partial charge is 0.408 e. The minimum Gasteiger partial charge on any atom is -0.408 e. The molecule has 0 unspecified atom stereocenters. The van der Waals surface area contributed by atoms with Gasteiger partial charge in [0.2, 0.25) is 5.91 Å². The maximum atomic E-state index is 12.3. The largest absolute Gasteiger partial charge is 0.419 e. The van der Waals surface area contributed by atoms with Gasteiger partial charge in [0.15, 0.2) is 5.58 Å². The van der Waals surface area contributed by atoms with E-state index in [1.807, 2.05) is 0 Å². The molecule has 0 bridgehead atoms. The van der Waals surface area contributed by atoms with Crippen molar-refractivity contribution < 1.29 is 18.8 Å². The zero-order valence-corrected chi connectivity index (χ0v) is 15.4. The van der Waals surface area contributed by atoms with E-state index in [9.17, 15) is 19.2 Å². The maximum Gasteiger partial charge on any atom is 0.419 e. The summed E-state index contributed by atoms with van der Waals surface area (Å²) in [6.07, 6.45) is 0.0149. The maximum absolute atomic E-state index is 12.3. The number of amides is 3. The molecular formula is C19H14ClN3O5. The zero-order valence-electron chi connectivity index (χ0n) is 14.7. The first-order valence-corrected chi connectivity index (χ1v) is 8.78. The molecule has 8 nitrogen and oxygen atoms in total. The molecule has 0 saturated heterocycles. The summed E-state index contributed by atoms with van der Waals surface area (Å²) in [5.74, 6) is -1.70. The van der Waals surface area contributed by atoms with Crippen molar-refractivity contribution >= 4 is 46.1 Å². The number of benzene rings is 2. The van der Waals surface area contributed by atoms with Crippen molar-refractivity contribution in [2.75, 3.05) is 12.4 Å². The number of rotatable bonds is 4. The first-order chi connectivity index (χ1) is 13.3. The Morgan fingerprint density at radius 3 is 2.61 bits per heavy atom.